The van der Waals surface area contributed by atoms with Crippen LogP contribution in [0.5, 0.6) is 5.88 Å². The van der Waals surface area contributed by atoms with Gasteiger partial charge in [-0.1, -0.05) is 12.1 Å². The molecule has 1 saturated carbocycles. The highest BCUT2D eigenvalue weighted by molar-refractivity contribution is 5.79. The van der Waals surface area contributed by atoms with Crippen molar-refractivity contribution in [2.24, 2.45) is 5.92 Å². The zero-order valence-electron chi connectivity index (χ0n) is 16.1. The van der Waals surface area contributed by atoms with Gasteiger partial charge >= 0.3 is 0 Å². The summed E-state index contributed by atoms with van der Waals surface area (Å²) in [5.41, 5.74) is 0.850. The summed E-state index contributed by atoms with van der Waals surface area (Å²) in [6, 6.07) is 8.56. The predicted octanol–water partition coefficient (Wildman–Crippen LogP) is 3.03. The zero-order chi connectivity index (χ0) is 19.5. The van der Waals surface area contributed by atoms with Gasteiger partial charge in [0.1, 0.15) is 5.82 Å². The van der Waals surface area contributed by atoms with Crippen LogP contribution in [-0.4, -0.2) is 47.0 Å². The van der Waals surface area contributed by atoms with Crippen LogP contribution >= 0.6 is 0 Å². The molecule has 0 N–H and O–H groups in total. The smallest absolute Gasteiger partial charge is 0.228 e. The van der Waals surface area contributed by atoms with Crippen molar-refractivity contribution in [3.05, 3.63) is 47.9 Å². The lowest BCUT2D eigenvalue weighted by Gasteiger charge is -2.34. The third-order valence-corrected chi connectivity index (χ3v) is 5.47. The fourth-order valence-corrected chi connectivity index (χ4v) is 3.76. The number of nitrogens with zero attached hydrogens (tertiary/aromatic N) is 4. The Hall–Kier alpha value is -2.70. The molecule has 6 nitrogen and oxygen atoms in total. The number of hydrogen-bond donors (Lipinski definition) is 0. The van der Waals surface area contributed by atoms with Gasteiger partial charge in [-0.2, -0.15) is 4.98 Å². The van der Waals surface area contributed by atoms with Crippen molar-refractivity contribution in [1.82, 2.24) is 14.9 Å². The van der Waals surface area contributed by atoms with E-state index in [4.69, 9.17) is 4.74 Å². The number of ether oxygens (including phenoxy) is 1. The van der Waals surface area contributed by atoms with Crippen molar-refractivity contribution >= 4 is 11.9 Å². The summed E-state index contributed by atoms with van der Waals surface area (Å²) in [5.74, 6) is 1.11. The number of carbonyl (C=O) groups is 1. The average Bonchev–Trinajstić information content (AvgIpc) is 3.57. The van der Waals surface area contributed by atoms with Crippen LogP contribution in [0.3, 0.4) is 0 Å². The molecule has 28 heavy (non-hydrogen) atoms. The van der Waals surface area contributed by atoms with Crippen molar-refractivity contribution in [3.63, 3.8) is 0 Å². The lowest BCUT2D eigenvalue weighted by atomic mass is 9.95. The van der Waals surface area contributed by atoms with Crippen molar-refractivity contribution in [3.8, 4) is 5.88 Å². The summed E-state index contributed by atoms with van der Waals surface area (Å²) >= 11 is 0. The van der Waals surface area contributed by atoms with Gasteiger partial charge in [0.25, 0.3) is 0 Å². The molecule has 7 heteroatoms. The molecule has 0 atom stereocenters. The van der Waals surface area contributed by atoms with Crippen LogP contribution in [0.4, 0.5) is 10.3 Å². The summed E-state index contributed by atoms with van der Waals surface area (Å²) in [5, 5.41) is 0. The maximum atomic E-state index is 13.5. The first-order chi connectivity index (χ1) is 13.6. The number of rotatable bonds is 6. The molecule has 148 valence electrons. The van der Waals surface area contributed by atoms with Crippen molar-refractivity contribution in [2.75, 3.05) is 25.1 Å². The molecule has 2 fully saturated rings. The number of aromatic nitrogens is 2. The average molecular weight is 384 g/mol. The largest absolute Gasteiger partial charge is 0.481 e. The van der Waals surface area contributed by atoms with Gasteiger partial charge in [-0.05, 0) is 43.4 Å². The van der Waals surface area contributed by atoms with Crippen molar-refractivity contribution < 1.29 is 13.9 Å². The molecular weight excluding hydrogens is 359 g/mol. The highest BCUT2D eigenvalue weighted by atomic mass is 19.1. The molecule has 0 unspecified atom stereocenters. The van der Waals surface area contributed by atoms with Crippen LogP contribution in [0.1, 0.15) is 31.2 Å². The maximum Gasteiger partial charge on any atom is 0.228 e. The number of hydrogen-bond acceptors (Lipinski definition) is 5. The quantitative estimate of drug-likeness (QED) is 0.766. The molecule has 0 radical (unpaired) electrons. The second-order valence-electron chi connectivity index (χ2n) is 7.49. The molecule has 2 aliphatic rings. The van der Waals surface area contributed by atoms with E-state index in [1.165, 1.54) is 12.1 Å². The minimum absolute atomic E-state index is 0.00369. The van der Waals surface area contributed by atoms with E-state index in [0.29, 0.717) is 24.4 Å². The standard InChI is InChI=1S/C21H25FN4O2/c1-28-19-7-10-23-21(24-19)25-11-8-16(9-12-25)20(27)26(18-5-6-18)14-15-3-2-4-17(22)13-15/h2-4,7,10,13,16,18H,5-6,8-9,11-12,14H2,1H3. The van der Waals surface area contributed by atoms with Gasteiger partial charge in [0.05, 0.1) is 7.11 Å². The van der Waals surface area contributed by atoms with Crippen LogP contribution in [0.2, 0.25) is 0 Å². The Morgan fingerprint density at radius 2 is 2.04 bits per heavy atom. The Morgan fingerprint density at radius 1 is 1.25 bits per heavy atom. The molecule has 1 aromatic carbocycles. The third kappa shape index (κ3) is 4.24. The molecule has 2 aromatic rings. The number of piperidine rings is 1. The molecule has 0 bridgehead atoms. The van der Waals surface area contributed by atoms with Crippen molar-refractivity contribution in [2.45, 2.75) is 38.3 Å². The minimum Gasteiger partial charge on any atom is -0.481 e. The molecule has 2 heterocycles. The van der Waals surface area contributed by atoms with Crippen LogP contribution in [0.15, 0.2) is 36.5 Å². The molecule has 1 saturated heterocycles. The van der Waals surface area contributed by atoms with Crippen LogP contribution in [-0.2, 0) is 11.3 Å². The normalized spacial score (nSPS) is 17.4. The topological polar surface area (TPSA) is 58.6 Å². The number of halogens is 1. The lowest BCUT2D eigenvalue weighted by Crippen LogP contribution is -2.43. The van der Waals surface area contributed by atoms with Gasteiger partial charge in [-0.15, -0.1) is 0 Å². The van der Waals surface area contributed by atoms with Gasteiger partial charge in [0.15, 0.2) is 0 Å². The Bertz CT molecular complexity index is 835. The monoisotopic (exact) mass is 384 g/mol. The molecular formula is C21H25FN4O2. The number of anilines is 1. The van der Waals surface area contributed by atoms with E-state index >= 15 is 0 Å². The van der Waals surface area contributed by atoms with Gasteiger partial charge < -0.3 is 14.5 Å². The summed E-state index contributed by atoms with van der Waals surface area (Å²) in [4.78, 5) is 25.9. The molecule has 1 aromatic heterocycles. The van der Waals surface area contributed by atoms with E-state index in [2.05, 4.69) is 14.9 Å². The maximum absolute atomic E-state index is 13.5. The highest BCUT2D eigenvalue weighted by Gasteiger charge is 2.37. The minimum atomic E-state index is -0.257. The summed E-state index contributed by atoms with van der Waals surface area (Å²) in [6.07, 6.45) is 5.30. The Morgan fingerprint density at radius 3 is 2.71 bits per heavy atom. The molecule has 1 aliphatic heterocycles. The second kappa shape index (κ2) is 8.12. The Balaban J connectivity index is 1.39. The number of methoxy groups -OCH3 is 1. The number of amides is 1. The Kier molecular flexibility index (Phi) is 5.41. The van der Waals surface area contributed by atoms with Crippen LogP contribution < -0.4 is 9.64 Å². The van der Waals surface area contributed by atoms with Gasteiger partial charge in [0, 0.05) is 43.9 Å². The highest BCUT2D eigenvalue weighted by Crippen LogP contribution is 2.32. The summed E-state index contributed by atoms with van der Waals surface area (Å²) in [6.45, 7) is 1.96. The van der Waals surface area contributed by atoms with Crippen LogP contribution in [0, 0.1) is 11.7 Å². The van der Waals surface area contributed by atoms with E-state index in [9.17, 15) is 9.18 Å². The van der Waals surface area contributed by atoms with Crippen LogP contribution in [0.25, 0.3) is 0 Å². The second-order valence-corrected chi connectivity index (χ2v) is 7.49. The SMILES string of the molecule is COc1ccnc(N2CCC(C(=O)N(Cc3cccc(F)c3)C3CC3)CC2)n1. The van der Waals surface area contributed by atoms with E-state index < -0.39 is 0 Å². The molecule has 0 spiro atoms. The van der Waals surface area contributed by atoms with E-state index in [-0.39, 0.29) is 17.6 Å². The van der Waals surface area contributed by atoms with E-state index in [0.717, 1.165) is 44.3 Å². The predicted molar refractivity (Wildman–Crippen MR) is 103 cm³/mol. The van der Waals surface area contributed by atoms with Gasteiger partial charge in [0.2, 0.25) is 17.7 Å². The molecule has 1 aliphatic carbocycles. The van der Waals surface area contributed by atoms with Crippen molar-refractivity contribution in [1.29, 1.82) is 0 Å². The summed E-state index contributed by atoms with van der Waals surface area (Å²) in [7, 11) is 1.59. The zero-order valence-corrected chi connectivity index (χ0v) is 16.1. The van der Waals surface area contributed by atoms with E-state index in [1.807, 2.05) is 11.0 Å². The lowest BCUT2D eigenvalue weighted by molar-refractivity contribution is -0.137. The van der Waals surface area contributed by atoms with E-state index in [1.54, 1.807) is 25.4 Å². The summed E-state index contributed by atoms with van der Waals surface area (Å²) < 4.78 is 18.7. The molecule has 4 rings (SSSR count). The first kappa shape index (κ1) is 18.7. The fourth-order valence-electron chi connectivity index (χ4n) is 3.76. The first-order valence-electron chi connectivity index (χ1n) is 9.81. The first-order valence-corrected chi connectivity index (χ1v) is 9.81. The number of benzene rings is 1. The van der Waals surface area contributed by atoms with Gasteiger partial charge in [-0.25, -0.2) is 9.37 Å². The Labute approximate surface area is 164 Å². The van der Waals surface area contributed by atoms with Gasteiger partial charge in [-0.3, -0.25) is 4.79 Å². The fraction of sp³-hybridized carbons (Fsp3) is 0.476. The third-order valence-electron chi connectivity index (χ3n) is 5.47. The molecule has 1 amide bonds. The number of carbonyl (C=O) groups excluding carboxylic acids is 1.